The van der Waals surface area contributed by atoms with Gasteiger partial charge in [-0.1, -0.05) is 6.07 Å². The van der Waals surface area contributed by atoms with E-state index < -0.39 is 18.0 Å². The fourth-order valence-corrected chi connectivity index (χ4v) is 2.62. The first-order valence-electron chi connectivity index (χ1n) is 6.98. The maximum Gasteiger partial charge on any atom is 0.339 e. The van der Waals surface area contributed by atoms with Crippen molar-refractivity contribution in [1.82, 2.24) is 9.80 Å². The van der Waals surface area contributed by atoms with Crippen LogP contribution in [0.25, 0.3) is 0 Å². The largest absolute Gasteiger partial charge is 0.496 e. The first-order chi connectivity index (χ1) is 10.4. The van der Waals surface area contributed by atoms with Crippen LogP contribution in [-0.2, 0) is 11.3 Å². The van der Waals surface area contributed by atoms with E-state index in [-0.39, 0.29) is 5.56 Å². The minimum Gasteiger partial charge on any atom is -0.496 e. The quantitative estimate of drug-likeness (QED) is 0.823. The Kier molecular flexibility index (Phi) is 4.99. The molecule has 120 valence electrons. The summed E-state index contributed by atoms with van der Waals surface area (Å²) in [5.74, 6) is -1.56. The normalized spacial score (nSPS) is 19.8. The van der Waals surface area contributed by atoms with Gasteiger partial charge in [0.25, 0.3) is 0 Å². The number of aliphatic carboxylic acids is 1. The van der Waals surface area contributed by atoms with Crippen LogP contribution in [0.5, 0.6) is 5.75 Å². The maximum absolute atomic E-state index is 11.2. The second kappa shape index (κ2) is 6.76. The van der Waals surface area contributed by atoms with Gasteiger partial charge >= 0.3 is 11.9 Å². The lowest BCUT2D eigenvalue weighted by molar-refractivity contribution is -0.145. The first-order valence-corrected chi connectivity index (χ1v) is 6.98. The van der Waals surface area contributed by atoms with Gasteiger partial charge in [0, 0.05) is 26.2 Å². The molecular formula is C15H20N2O5. The Morgan fingerprint density at radius 2 is 2.05 bits per heavy atom. The molecule has 0 radical (unpaired) electrons. The molecule has 22 heavy (non-hydrogen) atoms. The molecule has 1 fully saturated rings. The number of ether oxygens (including phenoxy) is 1. The van der Waals surface area contributed by atoms with Crippen molar-refractivity contribution in [3.8, 4) is 5.75 Å². The Hall–Kier alpha value is -2.12. The minimum atomic E-state index is -1.04. The van der Waals surface area contributed by atoms with E-state index in [1.807, 2.05) is 9.80 Å². The molecule has 1 atom stereocenters. The number of carboxylic acids is 2. The second-order valence-electron chi connectivity index (χ2n) is 5.41. The summed E-state index contributed by atoms with van der Waals surface area (Å²) in [6.07, 6.45) is 0. The van der Waals surface area contributed by atoms with Crippen LogP contribution in [-0.4, -0.2) is 71.8 Å². The van der Waals surface area contributed by atoms with Crippen LogP contribution in [0, 0.1) is 0 Å². The smallest absolute Gasteiger partial charge is 0.339 e. The number of rotatable bonds is 5. The molecule has 7 heteroatoms. The number of likely N-dealkylation sites (N-methyl/N-ethyl adjacent to an activating group) is 1. The Morgan fingerprint density at radius 1 is 1.32 bits per heavy atom. The summed E-state index contributed by atoms with van der Waals surface area (Å²) in [5, 5.41) is 18.4. The van der Waals surface area contributed by atoms with Crippen LogP contribution < -0.4 is 4.74 Å². The van der Waals surface area contributed by atoms with E-state index in [4.69, 9.17) is 4.74 Å². The van der Waals surface area contributed by atoms with E-state index in [0.717, 1.165) is 12.1 Å². The van der Waals surface area contributed by atoms with Gasteiger partial charge in [-0.05, 0) is 24.7 Å². The van der Waals surface area contributed by atoms with Gasteiger partial charge in [-0.15, -0.1) is 0 Å². The molecule has 1 aliphatic rings. The van der Waals surface area contributed by atoms with E-state index in [1.54, 1.807) is 25.2 Å². The van der Waals surface area contributed by atoms with Crippen molar-refractivity contribution in [1.29, 1.82) is 0 Å². The van der Waals surface area contributed by atoms with Crippen LogP contribution >= 0.6 is 0 Å². The third kappa shape index (κ3) is 3.55. The van der Waals surface area contributed by atoms with Crippen molar-refractivity contribution in [3.05, 3.63) is 29.3 Å². The van der Waals surface area contributed by atoms with Gasteiger partial charge in [0.15, 0.2) is 0 Å². The number of carbonyl (C=O) groups is 2. The average Bonchev–Trinajstić information content (AvgIpc) is 2.48. The molecule has 1 heterocycles. The van der Waals surface area contributed by atoms with Gasteiger partial charge in [-0.3, -0.25) is 14.6 Å². The van der Waals surface area contributed by atoms with E-state index in [2.05, 4.69) is 0 Å². The molecule has 0 amide bonds. The predicted molar refractivity (Wildman–Crippen MR) is 79.3 cm³/mol. The number of nitrogens with zero attached hydrogens (tertiary/aromatic N) is 2. The van der Waals surface area contributed by atoms with Crippen molar-refractivity contribution in [2.45, 2.75) is 12.6 Å². The Bertz CT molecular complexity index is 575. The molecule has 1 saturated heterocycles. The van der Waals surface area contributed by atoms with Gasteiger partial charge in [-0.25, -0.2) is 4.79 Å². The molecule has 0 aliphatic carbocycles. The van der Waals surface area contributed by atoms with E-state index >= 15 is 0 Å². The summed E-state index contributed by atoms with van der Waals surface area (Å²) in [5.41, 5.74) is 0.941. The molecular weight excluding hydrogens is 288 g/mol. The molecule has 1 aromatic rings. The molecule has 7 nitrogen and oxygen atoms in total. The highest BCUT2D eigenvalue weighted by atomic mass is 16.5. The monoisotopic (exact) mass is 308 g/mol. The average molecular weight is 308 g/mol. The lowest BCUT2D eigenvalue weighted by Crippen LogP contribution is -2.54. The highest BCUT2D eigenvalue weighted by molar-refractivity contribution is 5.91. The van der Waals surface area contributed by atoms with E-state index in [0.29, 0.717) is 25.4 Å². The topological polar surface area (TPSA) is 90.3 Å². The molecule has 1 aliphatic heterocycles. The number of aromatic carboxylic acids is 1. The van der Waals surface area contributed by atoms with Crippen molar-refractivity contribution in [3.63, 3.8) is 0 Å². The third-order valence-corrected chi connectivity index (χ3v) is 3.92. The van der Waals surface area contributed by atoms with Crippen molar-refractivity contribution in [2.75, 3.05) is 33.8 Å². The maximum atomic E-state index is 11.2. The van der Waals surface area contributed by atoms with Crippen LogP contribution in [0.15, 0.2) is 18.2 Å². The second-order valence-corrected chi connectivity index (χ2v) is 5.41. The Morgan fingerprint density at radius 3 is 2.64 bits per heavy atom. The van der Waals surface area contributed by atoms with E-state index in [9.17, 15) is 19.8 Å². The zero-order valence-electron chi connectivity index (χ0n) is 12.7. The number of piperazine rings is 1. The number of hydrogen-bond donors (Lipinski definition) is 2. The van der Waals surface area contributed by atoms with Crippen LogP contribution in [0.2, 0.25) is 0 Å². The van der Waals surface area contributed by atoms with Gasteiger partial charge in [0.1, 0.15) is 17.4 Å². The fourth-order valence-electron chi connectivity index (χ4n) is 2.62. The van der Waals surface area contributed by atoms with Crippen LogP contribution in [0.4, 0.5) is 0 Å². The highest BCUT2D eigenvalue weighted by Crippen LogP contribution is 2.21. The number of hydrogen-bond acceptors (Lipinski definition) is 5. The molecule has 2 N–H and O–H groups in total. The molecule has 1 aromatic carbocycles. The van der Waals surface area contributed by atoms with Gasteiger partial charge in [0.05, 0.1) is 7.11 Å². The SMILES string of the molecule is COc1ccc(CN2CCN(C)[C@@H](C(=O)O)C2)cc1C(=O)O. The lowest BCUT2D eigenvalue weighted by atomic mass is 10.1. The van der Waals surface area contributed by atoms with Crippen LogP contribution in [0.3, 0.4) is 0 Å². The Labute approximate surface area is 128 Å². The molecule has 2 rings (SSSR count). The molecule has 0 saturated carbocycles. The van der Waals surface area contributed by atoms with Crippen molar-refractivity contribution < 1.29 is 24.5 Å². The lowest BCUT2D eigenvalue weighted by Gasteiger charge is -2.37. The van der Waals surface area contributed by atoms with Crippen molar-refractivity contribution in [2.24, 2.45) is 0 Å². The molecule has 0 unspecified atom stereocenters. The zero-order chi connectivity index (χ0) is 16.3. The van der Waals surface area contributed by atoms with E-state index in [1.165, 1.54) is 7.11 Å². The summed E-state index contributed by atoms with van der Waals surface area (Å²) in [4.78, 5) is 26.3. The first kappa shape index (κ1) is 16.3. The van der Waals surface area contributed by atoms with Gasteiger partial charge in [-0.2, -0.15) is 0 Å². The fraction of sp³-hybridized carbons (Fsp3) is 0.467. The summed E-state index contributed by atoms with van der Waals surface area (Å²) in [6, 6.07) is 4.48. The van der Waals surface area contributed by atoms with Gasteiger partial charge in [0.2, 0.25) is 0 Å². The molecule has 0 bridgehead atoms. The third-order valence-electron chi connectivity index (χ3n) is 3.92. The van der Waals surface area contributed by atoms with Gasteiger partial charge < -0.3 is 14.9 Å². The van der Waals surface area contributed by atoms with Crippen molar-refractivity contribution >= 4 is 11.9 Å². The number of carboxylic acid groups (broad SMARTS) is 2. The summed E-state index contributed by atoms with van der Waals surface area (Å²) in [7, 11) is 3.23. The number of benzene rings is 1. The summed E-state index contributed by atoms with van der Waals surface area (Å²) >= 11 is 0. The van der Waals surface area contributed by atoms with Crippen LogP contribution in [0.1, 0.15) is 15.9 Å². The summed E-state index contributed by atoms with van der Waals surface area (Å²) in [6.45, 7) is 2.34. The summed E-state index contributed by atoms with van der Waals surface area (Å²) < 4.78 is 5.04. The predicted octanol–water partition coefficient (Wildman–Crippen LogP) is 0.594. The highest BCUT2D eigenvalue weighted by Gasteiger charge is 2.29. The number of methoxy groups -OCH3 is 1. The standard InChI is InChI=1S/C15H20N2O5/c1-16-5-6-17(9-12(16)15(20)21)8-10-3-4-13(22-2)11(7-10)14(18)19/h3-4,7,12H,5-6,8-9H2,1-2H3,(H,18,19)(H,20,21)/t12-/m1/s1. The zero-order valence-corrected chi connectivity index (χ0v) is 12.7. The minimum absolute atomic E-state index is 0.115. The molecule has 0 aromatic heterocycles. The molecule has 0 spiro atoms. The Balaban J connectivity index is 2.12.